The number of halogens is 1. The van der Waals surface area contributed by atoms with Crippen molar-refractivity contribution in [2.45, 2.75) is 30.5 Å². The molecule has 4 nitrogen and oxygen atoms in total. The Kier molecular flexibility index (Phi) is 5.76. The van der Waals surface area contributed by atoms with Crippen LogP contribution in [0.15, 0.2) is 84.9 Å². The molecule has 0 unspecified atom stereocenters. The van der Waals surface area contributed by atoms with Gasteiger partial charge in [-0.1, -0.05) is 84.4 Å². The van der Waals surface area contributed by atoms with Gasteiger partial charge in [0.05, 0.1) is 18.6 Å². The molecule has 1 amide bonds. The largest absolute Gasteiger partial charge is 0.395 e. The summed E-state index contributed by atoms with van der Waals surface area (Å²) in [6.45, 7) is 2.14. The molecule has 0 aliphatic carbocycles. The number of rotatable bonds is 6. The van der Waals surface area contributed by atoms with Crippen molar-refractivity contribution < 1.29 is 9.90 Å². The van der Waals surface area contributed by atoms with Crippen molar-refractivity contribution in [3.05, 3.63) is 107 Å². The average molecular weight is 447 g/mol. The van der Waals surface area contributed by atoms with Gasteiger partial charge >= 0.3 is 0 Å². The van der Waals surface area contributed by atoms with Gasteiger partial charge in [-0.25, -0.2) is 0 Å². The fraction of sp³-hybridized carbons (Fsp3) is 0.296. The monoisotopic (exact) mass is 446 g/mol. The standard InChI is InChI=1S/C27H27ClN2O2/c28-23-13-7-10-21(14-23)16-30-24(17-31)26(22-11-5-2-6-12-22)27(30)18-29(19-27)25(32)15-20-8-3-1-4-9-20/h1-14,24,26,31H,15-19H2/t24-,26+/m0/s1. The smallest absolute Gasteiger partial charge is 0.227 e. The highest BCUT2D eigenvalue weighted by molar-refractivity contribution is 6.30. The molecule has 2 fully saturated rings. The van der Waals surface area contributed by atoms with Crippen molar-refractivity contribution in [2.75, 3.05) is 19.7 Å². The van der Waals surface area contributed by atoms with Gasteiger partial charge in [-0.3, -0.25) is 9.69 Å². The Labute approximate surface area is 194 Å². The minimum absolute atomic E-state index is 0.0164. The highest BCUT2D eigenvalue weighted by Gasteiger charge is 2.66. The van der Waals surface area contributed by atoms with E-state index in [1.807, 2.05) is 71.6 Å². The molecule has 3 aromatic carbocycles. The van der Waals surface area contributed by atoms with Crippen LogP contribution in [0.4, 0.5) is 0 Å². The Morgan fingerprint density at radius 3 is 2.25 bits per heavy atom. The first kappa shape index (κ1) is 21.2. The second-order valence-corrected chi connectivity index (χ2v) is 9.35. The van der Waals surface area contributed by atoms with Crippen LogP contribution >= 0.6 is 11.6 Å². The molecule has 2 aliphatic rings. The molecule has 3 aromatic rings. The maximum absolute atomic E-state index is 13.0. The van der Waals surface area contributed by atoms with Crippen LogP contribution in [-0.2, 0) is 17.8 Å². The summed E-state index contributed by atoms with van der Waals surface area (Å²) < 4.78 is 0. The van der Waals surface area contributed by atoms with Gasteiger partial charge in [0.1, 0.15) is 0 Å². The second-order valence-electron chi connectivity index (χ2n) is 8.91. The van der Waals surface area contributed by atoms with E-state index in [4.69, 9.17) is 11.6 Å². The molecule has 2 saturated heterocycles. The third-order valence-electron chi connectivity index (χ3n) is 7.00. The van der Waals surface area contributed by atoms with Crippen LogP contribution in [0.2, 0.25) is 5.02 Å². The van der Waals surface area contributed by atoms with Crippen molar-refractivity contribution >= 4 is 17.5 Å². The zero-order chi connectivity index (χ0) is 22.1. The number of carbonyl (C=O) groups is 1. The lowest BCUT2D eigenvalue weighted by atomic mass is 9.60. The van der Waals surface area contributed by atoms with E-state index in [1.165, 1.54) is 5.56 Å². The number of aliphatic hydroxyl groups excluding tert-OH is 1. The van der Waals surface area contributed by atoms with E-state index in [9.17, 15) is 9.90 Å². The van der Waals surface area contributed by atoms with E-state index < -0.39 is 0 Å². The average Bonchev–Trinajstić information content (AvgIpc) is 2.77. The summed E-state index contributed by atoms with van der Waals surface area (Å²) in [5.74, 6) is 0.345. The van der Waals surface area contributed by atoms with Crippen LogP contribution in [0, 0.1) is 0 Å². The highest BCUT2D eigenvalue weighted by atomic mass is 35.5. The summed E-state index contributed by atoms with van der Waals surface area (Å²) in [4.78, 5) is 17.3. The van der Waals surface area contributed by atoms with Crippen molar-refractivity contribution in [1.82, 2.24) is 9.80 Å². The van der Waals surface area contributed by atoms with E-state index in [0.29, 0.717) is 31.1 Å². The lowest BCUT2D eigenvalue weighted by molar-refractivity contribution is -0.199. The lowest BCUT2D eigenvalue weighted by Gasteiger charge is -2.71. The minimum atomic E-state index is -0.163. The van der Waals surface area contributed by atoms with Crippen LogP contribution < -0.4 is 0 Å². The summed E-state index contributed by atoms with van der Waals surface area (Å²) >= 11 is 6.22. The molecule has 5 heteroatoms. The number of carbonyl (C=O) groups excluding carboxylic acids is 1. The van der Waals surface area contributed by atoms with Gasteiger partial charge in [-0.05, 0) is 28.8 Å². The summed E-state index contributed by atoms with van der Waals surface area (Å²) in [7, 11) is 0. The van der Waals surface area contributed by atoms with Crippen molar-refractivity contribution in [3.63, 3.8) is 0 Å². The van der Waals surface area contributed by atoms with Crippen LogP contribution in [0.5, 0.6) is 0 Å². The van der Waals surface area contributed by atoms with E-state index >= 15 is 0 Å². The quantitative estimate of drug-likeness (QED) is 0.619. The summed E-state index contributed by atoms with van der Waals surface area (Å²) in [6.07, 6.45) is 0.421. The summed E-state index contributed by atoms with van der Waals surface area (Å²) in [5.41, 5.74) is 3.22. The first-order chi connectivity index (χ1) is 15.6. The van der Waals surface area contributed by atoms with Crippen LogP contribution in [0.1, 0.15) is 22.6 Å². The van der Waals surface area contributed by atoms with E-state index in [-0.39, 0.29) is 30.0 Å². The molecular formula is C27H27ClN2O2. The number of amides is 1. The molecule has 164 valence electrons. The van der Waals surface area contributed by atoms with Crippen LogP contribution in [-0.4, -0.2) is 52.1 Å². The molecule has 0 radical (unpaired) electrons. The third kappa shape index (κ3) is 3.73. The fourth-order valence-corrected chi connectivity index (χ4v) is 5.73. The Morgan fingerprint density at radius 1 is 0.938 bits per heavy atom. The normalized spacial score (nSPS) is 21.8. The van der Waals surface area contributed by atoms with Gasteiger partial charge in [-0.2, -0.15) is 0 Å². The molecule has 0 bridgehead atoms. The molecule has 2 aliphatic heterocycles. The third-order valence-corrected chi connectivity index (χ3v) is 7.24. The summed E-state index contributed by atoms with van der Waals surface area (Å²) in [5, 5.41) is 11.0. The zero-order valence-electron chi connectivity index (χ0n) is 17.9. The Hall–Kier alpha value is -2.66. The summed E-state index contributed by atoms with van der Waals surface area (Å²) in [6, 6.07) is 28.2. The first-order valence-electron chi connectivity index (χ1n) is 11.1. The fourth-order valence-electron chi connectivity index (χ4n) is 5.52. The molecule has 2 atom stereocenters. The molecule has 0 aromatic heterocycles. The number of aliphatic hydroxyl groups is 1. The topological polar surface area (TPSA) is 43.8 Å². The molecule has 32 heavy (non-hydrogen) atoms. The number of hydrogen-bond acceptors (Lipinski definition) is 3. The maximum atomic E-state index is 13.0. The predicted octanol–water partition coefficient (Wildman–Crippen LogP) is 4.12. The number of benzene rings is 3. The Morgan fingerprint density at radius 2 is 1.59 bits per heavy atom. The minimum Gasteiger partial charge on any atom is -0.395 e. The maximum Gasteiger partial charge on any atom is 0.227 e. The molecule has 1 N–H and O–H groups in total. The highest BCUT2D eigenvalue weighted by Crippen LogP contribution is 2.54. The van der Waals surface area contributed by atoms with Gasteiger partial charge in [0, 0.05) is 36.6 Å². The van der Waals surface area contributed by atoms with Crippen molar-refractivity contribution in [2.24, 2.45) is 0 Å². The molecule has 2 heterocycles. The molecule has 1 spiro atoms. The SMILES string of the molecule is O=C(Cc1ccccc1)N1CC2(C1)[C@H](c1ccccc1)[C@H](CO)N2Cc1cccc(Cl)c1. The molecule has 0 saturated carbocycles. The lowest BCUT2D eigenvalue weighted by Crippen LogP contribution is -2.84. The molecule has 5 rings (SSSR count). The van der Waals surface area contributed by atoms with E-state index in [0.717, 1.165) is 11.1 Å². The van der Waals surface area contributed by atoms with Gasteiger partial charge in [-0.15, -0.1) is 0 Å². The van der Waals surface area contributed by atoms with Gasteiger partial charge in [0.15, 0.2) is 0 Å². The number of likely N-dealkylation sites (tertiary alicyclic amines) is 2. The first-order valence-corrected chi connectivity index (χ1v) is 11.5. The van der Waals surface area contributed by atoms with Gasteiger partial charge in [0.2, 0.25) is 5.91 Å². The van der Waals surface area contributed by atoms with Crippen LogP contribution in [0.3, 0.4) is 0 Å². The number of nitrogens with zero attached hydrogens (tertiary/aromatic N) is 2. The zero-order valence-corrected chi connectivity index (χ0v) is 18.7. The van der Waals surface area contributed by atoms with Crippen molar-refractivity contribution in [1.29, 1.82) is 0 Å². The Balaban J connectivity index is 1.39. The van der Waals surface area contributed by atoms with E-state index in [1.54, 1.807) is 0 Å². The second kappa shape index (κ2) is 8.70. The van der Waals surface area contributed by atoms with Crippen molar-refractivity contribution in [3.8, 4) is 0 Å². The van der Waals surface area contributed by atoms with Crippen LogP contribution in [0.25, 0.3) is 0 Å². The van der Waals surface area contributed by atoms with Gasteiger partial charge < -0.3 is 10.0 Å². The van der Waals surface area contributed by atoms with Gasteiger partial charge in [0.25, 0.3) is 0 Å². The molecular weight excluding hydrogens is 420 g/mol. The Bertz CT molecular complexity index is 1080. The van der Waals surface area contributed by atoms with E-state index in [2.05, 4.69) is 23.1 Å². The predicted molar refractivity (Wildman–Crippen MR) is 127 cm³/mol. The number of hydrogen-bond donors (Lipinski definition) is 1.